The SMILES string of the molecule is Cc1ccc(-c2cc(CN)c(C)[nH]2)c(C)c1C. The molecule has 2 heteroatoms. The molecule has 1 aromatic carbocycles. The Hall–Kier alpha value is -1.54. The summed E-state index contributed by atoms with van der Waals surface area (Å²) in [6.07, 6.45) is 0. The topological polar surface area (TPSA) is 41.8 Å². The highest BCUT2D eigenvalue weighted by atomic mass is 14.7. The Bertz CT molecular complexity index is 550. The maximum atomic E-state index is 5.71. The number of hydrogen-bond acceptors (Lipinski definition) is 1. The zero-order valence-electron chi connectivity index (χ0n) is 11.0. The molecule has 2 nitrogen and oxygen atoms in total. The molecule has 0 aliphatic heterocycles. The smallest absolute Gasteiger partial charge is 0.0462 e. The number of nitrogens with one attached hydrogen (secondary N) is 1. The summed E-state index contributed by atoms with van der Waals surface area (Å²) in [6.45, 7) is 9.16. The highest BCUT2D eigenvalue weighted by Gasteiger charge is 2.09. The van der Waals surface area contributed by atoms with E-state index >= 15 is 0 Å². The molecule has 2 rings (SSSR count). The lowest BCUT2D eigenvalue weighted by molar-refractivity contribution is 1.04. The number of aromatic amines is 1. The van der Waals surface area contributed by atoms with E-state index in [1.165, 1.54) is 39.2 Å². The molecule has 0 amide bonds. The van der Waals surface area contributed by atoms with Gasteiger partial charge in [-0.3, -0.25) is 0 Å². The van der Waals surface area contributed by atoms with E-state index in [-0.39, 0.29) is 0 Å². The van der Waals surface area contributed by atoms with Crippen molar-refractivity contribution in [3.63, 3.8) is 0 Å². The average Bonchev–Trinajstić information content (AvgIpc) is 2.67. The third-order valence-corrected chi connectivity index (χ3v) is 3.69. The maximum absolute atomic E-state index is 5.71. The fourth-order valence-electron chi connectivity index (χ4n) is 2.21. The van der Waals surface area contributed by atoms with Gasteiger partial charge in [-0.1, -0.05) is 12.1 Å². The van der Waals surface area contributed by atoms with Crippen molar-refractivity contribution in [1.29, 1.82) is 0 Å². The van der Waals surface area contributed by atoms with Crippen molar-refractivity contribution in [2.75, 3.05) is 0 Å². The van der Waals surface area contributed by atoms with Crippen LogP contribution in [0.2, 0.25) is 0 Å². The minimum atomic E-state index is 0.590. The van der Waals surface area contributed by atoms with Crippen LogP contribution >= 0.6 is 0 Å². The Morgan fingerprint density at radius 3 is 2.35 bits per heavy atom. The maximum Gasteiger partial charge on any atom is 0.0462 e. The Morgan fingerprint density at radius 1 is 1.06 bits per heavy atom. The van der Waals surface area contributed by atoms with Crippen LogP contribution in [0.3, 0.4) is 0 Å². The van der Waals surface area contributed by atoms with E-state index < -0.39 is 0 Å². The molecule has 0 atom stereocenters. The summed E-state index contributed by atoms with van der Waals surface area (Å²) in [5.74, 6) is 0. The zero-order valence-corrected chi connectivity index (χ0v) is 11.0. The van der Waals surface area contributed by atoms with Gasteiger partial charge in [0.25, 0.3) is 0 Å². The van der Waals surface area contributed by atoms with Gasteiger partial charge >= 0.3 is 0 Å². The van der Waals surface area contributed by atoms with Gasteiger partial charge in [0.05, 0.1) is 0 Å². The van der Waals surface area contributed by atoms with Crippen molar-refractivity contribution in [3.8, 4) is 11.3 Å². The summed E-state index contributed by atoms with van der Waals surface area (Å²) in [6, 6.07) is 6.52. The molecule has 0 aliphatic carbocycles. The Morgan fingerprint density at radius 2 is 1.76 bits per heavy atom. The normalized spacial score (nSPS) is 10.9. The van der Waals surface area contributed by atoms with Crippen LogP contribution < -0.4 is 5.73 Å². The third-order valence-electron chi connectivity index (χ3n) is 3.69. The van der Waals surface area contributed by atoms with Crippen LogP contribution in [0.15, 0.2) is 18.2 Å². The van der Waals surface area contributed by atoms with Crippen molar-refractivity contribution in [2.45, 2.75) is 34.2 Å². The molecule has 0 aliphatic rings. The number of aromatic nitrogens is 1. The highest BCUT2D eigenvalue weighted by Crippen LogP contribution is 2.28. The monoisotopic (exact) mass is 228 g/mol. The van der Waals surface area contributed by atoms with E-state index in [1.54, 1.807) is 0 Å². The van der Waals surface area contributed by atoms with E-state index in [4.69, 9.17) is 5.73 Å². The molecule has 0 saturated carbocycles. The van der Waals surface area contributed by atoms with Crippen LogP contribution in [0, 0.1) is 27.7 Å². The first-order valence-corrected chi connectivity index (χ1v) is 6.00. The van der Waals surface area contributed by atoms with Crippen LogP contribution in [0.4, 0.5) is 0 Å². The molecule has 1 heterocycles. The first-order chi connectivity index (χ1) is 8.04. The molecule has 0 unspecified atom stereocenters. The van der Waals surface area contributed by atoms with Crippen LogP contribution in [0.25, 0.3) is 11.3 Å². The van der Waals surface area contributed by atoms with Gasteiger partial charge in [0.1, 0.15) is 0 Å². The molecule has 0 saturated heterocycles. The standard InChI is InChI=1S/C15H20N2/c1-9-5-6-14(11(3)10(9)2)15-7-13(8-16)12(4)17-15/h5-7,17H,8,16H2,1-4H3. The second kappa shape index (κ2) is 4.38. The first kappa shape index (κ1) is 11.9. The summed E-state index contributed by atoms with van der Waals surface area (Å²) < 4.78 is 0. The Balaban J connectivity index is 2.57. The zero-order chi connectivity index (χ0) is 12.6. The van der Waals surface area contributed by atoms with Crippen molar-refractivity contribution >= 4 is 0 Å². The van der Waals surface area contributed by atoms with E-state index in [1.807, 2.05) is 0 Å². The predicted octanol–water partition coefficient (Wildman–Crippen LogP) is 3.37. The van der Waals surface area contributed by atoms with Crippen molar-refractivity contribution in [3.05, 3.63) is 46.1 Å². The number of nitrogens with two attached hydrogens (primary N) is 1. The Kier molecular flexibility index (Phi) is 3.07. The lowest BCUT2D eigenvalue weighted by Gasteiger charge is -2.09. The molecule has 2 aromatic rings. The van der Waals surface area contributed by atoms with Gasteiger partial charge in [-0.05, 0) is 56.0 Å². The molecule has 1 aromatic heterocycles. The van der Waals surface area contributed by atoms with Crippen LogP contribution in [-0.4, -0.2) is 4.98 Å². The first-order valence-electron chi connectivity index (χ1n) is 6.00. The van der Waals surface area contributed by atoms with Crippen LogP contribution in [0.5, 0.6) is 0 Å². The number of rotatable bonds is 2. The lowest BCUT2D eigenvalue weighted by atomic mass is 9.97. The van der Waals surface area contributed by atoms with Crippen molar-refractivity contribution < 1.29 is 0 Å². The fraction of sp³-hybridized carbons (Fsp3) is 0.333. The largest absolute Gasteiger partial charge is 0.358 e. The van der Waals surface area contributed by atoms with Gasteiger partial charge in [0, 0.05) is 23.5 Å². The number of aryl methyl sites for hydroxylation is 2. The van der Waals surface area contributed by atoms with Crippen LogP contribution in [0.1, 0.15) is 27.9 Å². The number of H-pyrrole nitrogens is 1. The second-order valence-corrected chi connectivity index (χ2v) is 4.72. The number of benzene rings is 1. The summed E-state index contributed by atoms with van der Waals surface area (Å²) in [5, 5.41) is 0. The van der Waals surface area contributed by atoms with E-state index in [2.05, 4.69) is 50.9 Å². The molecule has 0 bridgehead atoms. The van der Waals surface area contributed by atoms with Gasteiger partial charge in [0.15, 0.2) is 0 Å². The molecule has 3 N–H and O–H groups in total. The summed E-state index contributed by atoms with van der Waals surface area (Å²) >= 11 is 0. The number of hydrogen-bond donors (Lipinski definition) is 2. The van der Waals surface area contributed by atoms with Gasteiger partial charge < -0.3 is 10.7 Å². The van der Waals surface area contributed by atoms with E-state index in [9.17, 15) is 0 Å². The minimum Gasteiger partial charge on any atom is -0.358 e. The van der Waals surface area contributed by atoms with Crippen LogP contribution in [-0.2, 0) is 6.54 Å². The summed E-state index contributed by atoms with van der Waals surface area (Å²) in [5.41, 5.74) is 14.6. The molecular formula is C15H20N2. The minimum absolute atomic E-state index is 0.590. The lowest BCUT2D eigenvalue weighted by Crippen LogP contribution is -1.95. The molecule has 0 spiro atoms. The fourth-order valence-corrected chi connectivity index (χ4v) is 2.21. The Labute approximate surface area is 103 Å². The summed E-state index contributed by atoms with van der Waals surface area (Å²) in [7, 11) is 0. The van der Waals surface area contributed by atoms with Crippen molar-refractivity contribution in [2.24, 2.45) is 5.73 Å². The quantitative estimate of drug-likeness (QED) is 0.813. The molecule has 0 radical (unpaired) electrons. The molecule has 90 valence electrons. The van der Waals surface area contributed by atoms with Gasteiger partial charge in [-0.15, -0.1) is 0 Å². The van der Waals surface area contributed by atoms with E-state index in [0.717, 1.165) is 0 Å². The van der Waals surface area contributed by atoms with Gasteiger partial charge in [-0.25, -0.2) is 0 Å². The second-order valence-electron chi connectivity index (χ2n) is 4.72. The van der Waals surface area contributed by atoms with Crippen molar-refractivity contribution in [1.82, 2.24) is 4.98 Å². The summed E-state index contributed by atoms with van der Waals surface area (Å²) in [4.78, 5) is 3.42. The molecule has 17 heavy (non-hydrogen) atoms. The molecular weight excluding hydrogens is 208 g/mol. The molecule has 0 fully saturated rings. The van der Waals surface area contributed by atoms with Gasteiger partial charge in [0.2, 0.25) is 0 Å². The average molecular weight is 228 g/mol. The van der Waals surface area contributed by atoms with Gasteiger partial charge in [-0.2, -0.15) is 0 Å². The predicted molar refractivity (Wildman–Crippen MR) is 73.1 cm³/mol. The van der Waals surface area contributed by atoms with E-state index in [0.29, 0.717) is 6.54 Å². The third kappa shape index (κ3) is 2.01. The highest BCUT2D eigenvalue weighted by molar-refractivity contribution is 5.67.